The summed E-state index contributed by atoms with van der Waals surface area (Å²) in [6.45, 7) is 9.16. The summed E-state index contributed by atoms with van der Waals surface area (Å²) in [5.41, 5.74) is 4.33. The second-order valence-corrected chi connectivity index (χ2v) is 11.8. The molecule has 0 aromatic heterocycles. The minimum absolute atomic E-state index is 0.0240. The smallest absolute Gasteiger partial charge is 0.309 e. The molecule has 1 heterocycles. The molecule has 3 aromatic carbocycles. The standard InChI is InChI=1S/C28H31NO5S/c1-18-7-6-8-23(13-18)35(32,33)29-17-22(16-28(4,5)27(30)31)34-26-12-11-21(15-25(26)29)24-14-19(2)9-10-20(24)3/h6-15,22H,16-17H2,1-5H3,(H,30,31)/t22-/m0/s1. The van der Waals surface area contributed by atoms with Crippen molar-refractivity contribution in [3.05, 3.63) is 77.4 Å². The van der Waals surface area contributed by atoms with Gasteiger partial charge in [-0.05, 0) is 81.1 Å². The normalized spacial score (nSPS) is 15.9. The maximum atomic E-state index is 13.9. The molecule has 0 fully saturated rings. The van der Waals surface area contributed by atoms with Crippen LogP contribution in [0.15, 0.2) is 65.6 Å². The molecule has 1 N–H and O–H groups in total. The number of nitrogens with zero attached hydrogens (tertiary/aromatic N) is 1. The van der Waals surface area contributed by atoms with Crippen LogP contribution in [0.5, 0.6) is 5.75 Å². The van der Waals surface area contributed by atoms with Gasteiger partial charge in [-0.1, -0.05) is 42.0 Å². The summed E-state index contributed by atoms with van der Waals surface area (Å²) < 4.78 is 35.3. The van der Waals surface area contributed by atoms with Crippen LogP contribution in [0.4, 0.5) is 5.69 Å². The average Bonchev–Trinajstić information content (AvgIpc) is 2.79. The van der Waals surface area contributed by atoms with Crippen LogP contribution in [-0.2, 0) is 14.8 Å². The van der Waals surface area contributed by atoms with Crippen LogP contribution >= 0.6 is 0 Å². The molecule has 6 nitrogen and oxygen atoms in total. The lowest BCUT2D eigenvalue weighted by Gasteiger charge is -2.38. The fraction of sp³-hybridized carbons (Fsp3) is 0.321. The molecule has 7 heteroatoms. The lowest BCUT2D eigenvalue weighted by atomic mass is 9.86. The van der Waals surface area contributed by atoms with Gasteiger partial charge in [-0.15, -0.1) is 0 Å². The van der Waals surface area contributed by atoms with Gasteiger partial charge in [0, 0.05) is 6.42 Å². The van der Waals surface area contributed by atoms with Gasteiger partial charge in [0.2, 0.25) is 0 Å². The van der Waals surface area contributed by atoms with Crippen LogP contribution in [-0.4, -0.2) is 32.1 Å². The van der Waals surface area contributed by atoms with Gasteiger partial charge in [-0.25, -0.2) is 8.42 Å². The molecule has 0 saturated heterocycles. The van der Waals surface area contributed by atoms with Crippen molar-refractivity contribution in [1.29, 1.82) is 0 Å². The molecule has 4 rings (SSSR count). The highest BCUT2D eigenvalue weighted by Gasteiger charge is 2.39. The van der Waals surface area contributed by atoms with E-state index in [1.165, 1.54) is 4.31 Å². The molecular formula is C28H31NO5S. The molecule has 1 aliphatic heterocycles. The van der Waals surface area contributed by atoms with Crippen LogP contribution in [0, 0.1) is 26.2 Å². The quantitative estimate of drug-likeness (QED) is 0.474. The molecule has 0 amide bonds. The second-order valence-electron chi connectivity index (χ2n) is 9.99. The van der Waals surface area contributed by atoms with Crippen molar-refractivity contribution in [1.82, 2.24) is 0 Å². The number of hydrogen-bond donors (Lipinski definition) is 1. The van der Waals surface area contributed by atoms with E-state index in [0.717, 1.165) is 27.8 Å². The Hall–Kier alpha value is -3.32. The van der Waals surface area contributed by atoms with Crippen molar-refractivity contribution in [2.75, 3.05) is 10.8 Å². The number of benzene rings is 3. The molecule has 0 radical (unpaired) electrons. The van der Waals surface area contributed by atoms with Crippen LogP contribution in [0.3, 0.4) is 0 Å². The first-order valence-electron chi connectivity index (χ1n) is 11.6. The molecule has 0 bridgehead atoms. The van der Waals surface area contributed by atoms with Crippen LogP contribution < -0.4 is 9.04 Å². The molecule has 1 aliphatic rings. The van der Waals surface area contributed by atoms with Crippen LogP contribution in [0.1, 0.15) is 37.0 Å². The van der Waals surface area contributed by atoms with Gasteiger partial charge in [0.05, 0.1) is 22.5 Å². The van der Waals surface area contributed by atoms with E-state index in [1.807, 2.05) is 51.1 Å². The predicted molar refractivity (Wildman–Crippen MR) is 138 cm³/mol. The monoisotopic (exact) mass is 493 g/mol. The van der Waals surface area contributed by atoms with Gasteiger partial charge < -0.3 is 9.84 Å². The largest absolute Gasteiger partial charge is 0.486 e. The number of rotatable bonds is 6. The van der Waals surface area contributed by atoms with Crippen molar-refractivity contribution in [3.63, 3.8) is 0 Å². The Morgan fingerprint density at radius 3 is 2.43 bits per heavy atom. The first-order valence-corrected chi connectivity index (χ1v) is 13.0. The van der Waals surface area contributed by atoms with E-state index in [1.54, 1.807) is 38.1 Å². The zero-order chi connectivity index (χ0) is 25.5. The minimum atomic E-state index is -3.92. The fourth-order valence-corrected chi connectivity index (χ4v) is 6.02. The molecule has 0 spiro atoms. The lowest BCUT2D eigenvalue weighted by Crippen LogP contribution is -2.46. The van der Waals surface area contributed by atoms with E-state index in [0.29, 0.717) is 11.4 Å². The van der Waals surface area contributed by atoms with Crippen LogP contribution in [0.2, 0.25) is 0 Å². The Morgan fingerprint density at radius 2 is 1.74 bits per heavy atom. The van der Waals surface area contributed by atoms with Crippen molar-refractivity contribution in [3.8, 4) is 16.9 Å². The summed E-state index contributed by atoms with van der Waals surface area (Å²) in [5.74, 6) is -0.530. The fourth-order valence-electron chi connectivity index (χ4n) is 4.42. The van der Waals surface area contributed by atoms with E-state index in [9.17, 15) is 18.3 Å². The number of aryl methyl sites for hydroxylation is 3. The Balaban J connectivity index is 1.84. The molecule has 0 unspecified atom stereocenters. The Morgan fingerprint density at radius 1 is 1.03 bits per heavy atom. The number of aliphatic carboxylic acids is 1. The van der Waals surface area contributed by atoms with Gasteiger partial charge in [-0.2, -0.15) is 0 Å². The molecule has 0 aliphatic carbocycles. The van der Waals surface area contributed by atoms with Crippen molar-refractivity contribution < 1.29 is 23.1 Å². The van der Waals surface area contributed by atoms with E-state index in [2.05, 4.69) is 6.07 Å². The van der Waals surface area contributed by atoms with E-state index in [-0.39, 0.29) is 17.9 Å². The number of hydrogen-bond acceptors (Lipinski definition) is 4. The maximum Gasteiger partial charge on any atom is 0.309 e. The SMILES string of the molecule is Cc1cccc(S(=O)(=O)N2C[C@H](CC(C)(C)C(=O)O)Oc3ccc(-c4cc(C)ccc4C)cc32)c1. The summed E-state index contributed by atoms with van der Waals surface area (Å²) in [5, 5.41) is 9.62. The van der Waals surface area contributed by atoms with Gasteiger partial charge in [0.15, 0.2) is 0 Å². The Kier molecular flexibility index (Phi) is 6.40. The van der Waals surface area contributed by atoms with Crippen molar-refractivity contribution >= 4 is 21.7 Å². The number of fused-ring (bicyclic) bond motifs is 1. The number of carboxylic acid groups (broad SMARTS) is 1. The zero-order valence-corrected chi connectivity index (χ0v) is 21.5. The number of carboxylic acids is 1. The molecule has 35 heavy (non-hydrogen) atoms. The predicted octanol–water partition coefficient (Wildman–Crippen LogP) is 5.74. The molecule has 3 aromatic rings. The average molecular weight is 494 g/mol. The number of sulfonamides is 1. The zero-order valence-electron chi connectivity index (χ0n) is 20.7. The number of carbonyl (C=O) groups is 1. The highest BCUT2D eigenvalue weighted by Crippen LogP contribution is 2.42. The van der Waals surface area contributed by atoms with E-state index >= 15 is 0 Å². The van der Waals surface area contributed by atoms with Gasteiger partial charge in [0.25, 0.3) is 10.0 Å². The van der Waals surface area contributed by atoms with E-state index in [4.69, 9.17) is 4.74 Å². The molecule has 0 saturated carbocycles. The van der Waals surface area contributed by atoms with Crippen molar-refractivity contribution in [2.24, 2.45) is 5.41 Å². The highest BCUT2D eigenvalue weighted by atomic mass is 32.2. The molecule has 184 valence electrons. The molecule has 1 atom stereocenters. The topological polar surface area (TPSA) is 83.9 Å². The first kappa shape index (κ1) is 24.8. The lowest BCUT2D eigenvalue weighted by molar-refractivity contribution is -0.148. The highest BCUT2D eigenvalue weighted by molar-refractivity contribution is 7.92. The third-order valence-electron chi connectivity index (χ3n) is 6.49. The Labute approximate surface area is 207 Å². The summed E-state index contributed by atoms with van der Waals surface area (Å²) in [4.78, 5) is 11.9. The maximum absolute atomic E-state index is 13.9. The first-order chi connectivity index (χ1) is 16.4. The van der Waals surface area contributed by atoms with Gasteiger partial charge in [0.1, 0.15) is 11.9 Å². The number of anilines is 1. The Bertz CT molecular complexity index is 1390. The van der Waals surface area contributed by atoms with Crippen molar-refractivity contribution in [2.45, 2.75) is 52.0 Å². The third kappa shape index (κ3) is 4.91. The third-order valence-corrected chi connectivity index (χ3v) is 8.26. The van der Waals surface area contributed by atoms with E-state index < -0.39 is 27.5 Å². The van der Waals surface area contributed by atoms with Gasteiger partial charge >= 0.3 is 5.97 Å². The number of ether oxygens (including phenoxy) is 1. The van der Waals surface area contributed by atoms with Crippen LogP contribution in [0.25, 0.3) is 11.1 Å². The van der Waals surface area contributed by atoms with Gasteiger partial charge in [-0.3, -0.25) is 9.10 Å². The summed E-state index contributed by atoms with van der Waals surface area (Å²) in [7, 11) is -3.92. The second kappa shape index (κ2) is 9.04. The summed E-state index contributed by atoms with van der Waals surface area (Å²) in [6.07, 6.45) is -0.444. The summed E-state index contributed by atoms with van der Waals surface area (Å²) in [6, 6.07) is 18.5. The summed E-state index contributed by atoms with van der Waals surface area (Å²) >= 11 is 0. The molecular weight excluding hydrogens is 462 g/mol. The minimum Gasteiger partial charge on any atom is -0.486 e.